The van der Waals surface area contributed by atoms with Crippen LogP contribution in [-0.2, 0) is 0 Å². The molecule has 0 saturated heterocycles. The van der Waals surface area contributed by atoms with Gasteiger partial charge in [0.2, 0.25) is 0 Å². The molecule has 3 nitrogen and oxygen atoms in total. The first-order chi connectivity index (χ1) is 9.54. The maximum atomic E-state index is 11.2. The van der Waals surface area contributed by atoms with E-state index in [1.165, 1.54) is 17.8 Å². The maximum Gasteiger partial charge on any atom is 0.396 e. The first-order valence-corrected chi connectivity index (χ1v) is 7.82. The van der Waals surface area contributed by atoms with Crippen molar-refractivity contribution in [2.24, 2.45) is 0 Å². The number of benzene rings is 2. The van der Waals surface area contributed by atoms with Gasteiger partial charge in [0.25, 0.3) is 0 Å². The van der Waals surface area contributed by atoms with Crippen LogP contribution in [0.3, 0.4) is 0 Å². The van der Waals surface area contributed by atoms with E-state index in [2.05, 4.69) is 0 Å². The molecule has 0 fully saturated rings. The summed E-state index contributed by atoms with van der Waals surface area (Å²) in [5.74, 6) is 0.0514. The fourth-order valence-corrected chi connectivity index (χ4v) is 3.85. The lowest BCUT2D eigenvalue weighted by molar-refractivity contribution is 0.462. The fourth-order valence-electron chi connectivity index (χ4n) is 1.66. The predicted molar refractivity (Wildman–Crippen MR) is 82.6 cm³/mol. The third kappa shape index (κ3) is 2.54. The van der Waals surface area contributed by atoms with Crippen molar-refractivity contribution in [3.63, 3.8) is 0 Å². The van der Waals surface area contributed by atoms with Gasteiger partial charge in [0.05, 0.1) is 19.6 Å². The molecule has 0 aliphatic heterocycles. The largest absolute Gasteiger partial charge is 0.507 e. The molecule has 1 aromatic heterocycles. The Kier molecular flexibility index (Phi) is 3.69. The lowest BCUT2D eigenvalue weighted by atomic mass is 10.3. The van der Waals surface area contributed by atoms with Crippen molar-refractivity contribution in [3.8, 4) is 5.75 Å². The van der Waals surface area contributed by atoms with Crippen LogP contribution >= 0.6 is 46.3 Å². The van der Waals surface area contributed by atoms with E-state index in [0.717, 1.165) is 11.3 Å². The molecular formula is C13H6Cl2O3S2. The van der Waals surface area contributed by atoms with Crippen molar-refractivity contribution in [1.82, 2.24) is 0 Å². The average molecular weight is 345 g/mol. The molecule has 0 aliphatic carbocycles. The van der Waals surface area contributed by atoms with Gasteiger partial charge in [-0.1, -0.05) is 52.4 Å². The highest BCUT2D eigenvalue weighted by atomic mass is 35.5. The Bertz CT molecular complexity index is 834. The third-order valence-corrected chi connectivity index (χ3v) is 5.38. The molecule has 3 rings (SSSR count). The molecule has 1 N–H and O–H groups in total. The number of rotatable bonds is 2. The summed E-state index contributed by atoms with van der Waals surface area (Å²) in [7, 11) is 0. The van der Waals surface area contributed by atoms with Crippen LogP contribution in [0, 0.1) is 0 Å². The Balaban J connectivity index is 2.10. The van der Waals surface area contributed by atoms with Crippen molar-refractivity contribution < 1.29 is 9.52 Å². The summed E-state index contributed by atoms with van der Waals surface area (Å²) in [5, 5.41) is 11.0. The van der Waals surface area contributed by atoms with Gasteiger partial charge >= 0.3 is 4.94 Å². The molecule has 1 heterocycles. The van der Waals surface area contributed by atoms with Gasteiger partial charge < -0.3 is 9.52 Å². The van der Waals surface area contributed by atoms with Crippen molar-refractivity contribution >= 4 is 56.6 Å². The lowest BCUT2D eigenvalue weighted by Gasteiger charge is -2.07. The van der Waals surface area contributed by atoms with Gasteiger partial charge in [0.1, 0.15) is 5.75 Å². The minimum Gasteiger partial charge on any atom is -0.507 e. The Morgan fingerprint density at radius 3 is 2.60 bits per heavy atom. The van der Waals surface area contributed by atoms with E-state index in [-0.39, 0.29) is 5.75 Å². The zero-order chi connectivity index (χ0) is 14.3. The number of aromatic hydroxyl groups is 1. The van der Waals surface area contributed by atoms with Gasteiger partial charge in [-0.05, 0) is 12.1 Å². The minimum atomic E-state index is -0.405. The highest BCUT2D eigenvalue weighted by Gasteiger charge is 2.13. The molecule has 0 atom stereocenters. The monoisotopic (exact) mass is 344 g/mol. The van der Waals surface area contributed by atoms with Gasteiger partial charge in [-0.15, -0.1) is 0 Å². The number of hydrogen-bond donors (Lipinski definition) is 1. The van der Waals surface area contributed by atoms with Gasteiger partial charge in [0, 0.05) is 17.0 Å². The minimum absolute atomic E-state index is 0.0514. The topological polar surface area (TPSA) is 50.4 Å². The van der Waals surface area contributed by atoms with E-state index in [1.54, 1.807) is 24.3 Å². The summed E-state index contributed by atoms with van der Waals surface area (Å²) in [6, 6.07) is 8.28. The van der Waals surface area contributed by atoms with E-state index < -0.39 is 4.94 Å². The summed E-state index contributed by atoms with van der Waals surface area (Å²) in [6.07, 6.45) is 0. The Labute approximate surface area is 131 Å². The summed E-state index contributed by atoms with van der Waals surface area (Å²) >= 11 is 14.4. The molecule has 0 bridgehead atoms. The molecule has 102 valence electrons. The summed E-state index contributed by atoms with van der Waals surface area (Å²) < 4.78 is 5.63. The molecular weight excluding hydrogens is 339 g/mol. The Hall–Kier alpha value is -1.14. The summed E-state index contributed by atoms with van der Waals surface area (Å²) in [4.78, 5) is 12.0. The quantitative estimate of drug-likeness (QED) is 0.709. The summed E-state index contributed by atoms with van der Waals surface area (Å²) in [6.45, 7) is 0. The van der Waals surface area contributed by atoms with Gasteiger partial charge in [-0.3, -0.25) is 0 Å². The van der Waals surface area contributed by atoms with Crippen LogP contribution in [0.25, 0.3) is 10.3 Å². The zero-order valence-corrected chi connectivity index (χ0v) is 12.9. The first kappa shape index (κ1) is 13.8. The van der Waals surface area contributed by atoms with E-state index >= 15 is 0 Å². The smallest absolute Gasteiger partial charge is 0.396 e. The van der Waals surface area contributed by atoms with E-state index in [1.807, 2.05) is 0 Å². The van der Waals surface area contributed by atoms with Crippen LogP contribution in [0.15, 0.2) is 49.3 Å². The van der Waals surface area contributed by atoms with Crippen molar-refractivity contribution in [3.05, 3.63) is 50.1 Å². The normalized spacial score (nSPS) is 11.1. The second kappa shape index (κ2) is 5.33. The molecule has 2 aromatic carbocycles. The van der Waals surface area contributed by atoms with Crippen LogP contribution in [0.5, 0.6) is 5.75 Å². The molecule has 0 amide bonds. The summed E-state index contributed by atoms with van der Waals surface area (Å²) in [5.41, 5.74) is 0.434. The Morgan fingerprint density at radius 1 is 1.20 bits per heavy atom. The fraction of sp³-hybridized carbons (Fsp3) is 0. The molecule has 20 heavy (non-hydrogen) atoms. The number of fused-ring (bicyclic) bond motifs is 1. The van der Waals surface area contributed by atoms with Crippen LogP contribution in [0.1, 0.15) is 0 Å². The van der Waals surface area contributed by atoms with Crippen LogP contribution in [0.4, 0.5) is 0 Å². The predicted octanol–water partition coefficient (Wildman–Crippen LogP) is 5.02. The molecule has 0 aliphatic rings. The molecule has 3 aromatic rings. The molecule has 0 radical (unpaired) electrons. The molecule has 0 unspecified atom stereocenters. The highest BCUT2D eigenvalue weighted by Crippen LogP contribution is 2.43. The van der Waals surface area contributed by atoms with Gasteiger partial charge in [-0.2, -0.15) is 0 Å². The lowest BCUT2D eigenvalue weighted by Crippen LogP contribution is -1.80. The molecule has 0 spiro atoms. The average Bonchev–Trinajstić information content (AvgIpc) is 2.73. The number of phenols is 1. The third-order valence-electron chi connectivity index (χ3n) is 2.54. The van der Waals surface area contributed by atoms with Gasteiger partial charge in [0.15, 0.2) is 5.58 Å². The Morgan fingerprint density at radius 2 is 1.90 bits per heavy atom. The second-order valence-electron chi connectivity index (χ2n) is 3.87. The number of halogens is 2. The molecule has 7 heteroatoms. The van der Waals surface area contributed by atoms with Crippen molar-refractivity contribution in [1.29, 1.82) is 0 Å². The standard InChI is InChI=1S/C13H6Cl2O3S2/c14-6-2-1-3-7(15)12(6)19-10-5-9-11(4-8(10)16)20-13(17)18-9/h1-5,16H. The van der Waals surface area contributed by atoms with E-state index in [4.69, 9.17) is 27.6 Å². The maximum absolute atomic E-state index is 11.2. The van der Waals surface area contributed by atoms with E-state index in [9.17, 15) is 9.90 Å². The highest BCUT2D eigenvalue weighted by molar-refractivity contribution is 7.99. The van der Waals surface area contributed by atoms with Crippen LogP contribution in [-0.4, -0.2) is 5.11 Å². The van der Waals surface area contributed by atoms with E-state index in [0.29, 0.717) is 30.1 Å². The second-order valence-corrected chi connectivity index (χ2v) is 6.72. The zero-order valence-electron chi connectivity index (χ0n) is 9.72. The van der Waals surface area contributed by atoms with Crippen molar-refractivity contribution in [2.75, 3.05) is 0 Å². The van der Waals surface area contributed by atoms with Crippen molar-refractivity contribution in [2.45, 2.75) is 9.79 Å². The van der Waals surface area contributed by atoms with Crippen LogP contribution < -0.4 is 4.94 Å². The SMILES string of the molecule is O=c1oc2cc(Sc3c(Cl)cccc3Cl)c(O)cc2s1. The van der Waals surface area contributed by atoms with Crippen LogP contribution in [0.2, 0.25) is 10.0 Å². The first-order valence-electron chi connectivity index (χ1n) is 5.43. The molecule has 0 saturated carbocycles. The van der Waals surface area contributed by atoms with Gasteiger partial charge in [-0.25, -0.2) is 4.79 Å². The number of phenolic OH excluding ortho intramolecular Hbond substituents is 1. The number of hydrogen-bond acceptors (Lipinski definition) is 5.